The summed E-state index contributed by atoms with van der Waals surface area (Å²) in [5.74, 6) is 0.996. The Morgan fingerprint density at radius 2 is 1.45 bits per heavy atom. The number of fused-ring (bicyclic) bond motifs is 1. The molecule has 155 valence electrons. The molecule has 0 heterocycles. The molecule has 1 aliphatic rings. The number of hydrogen-bond donors (Lipinski definition) is 0. The van der Waals surface area contributed by atoms with E-state index in [1.165, 1.54) is 39.0 Å². The lowest BCUT2D eigenvalue weighted by atomic mass is 9.71. The van der Waals surface area contributed by atoms with Crippen LogP contribution in [0.4, 0.5) is 0 Å². The van der Waals surface area contributed by atoms with Crippen LogP contribution in [0.25, 0.3) is 17.2 Å². The van der Waals surface area contributed by atoms with E-state index >= 15 is 0 Å². The van der Waals surface area contributed by atoms with Gasteiger partial charge in [0.05, 0.1) is 15.9 Å². The average Bonchev–Trinajstić information content (AvgIpc) is 2.94. The van der Waals surface area contributed by atoms with Gasteiger partial charge >= 0.3 is 0 Å². The second-order valence-electron chi connectivity index (χ2n) is 10.8. The molecular weight excluding hydrogens is 368 g/mol. The van der Waals surface area contributed by atoms with E-state index in [0.717, 1.165) is 5.75 Å². The van der Waals surface area contributed by atoms with Crippen molar-refractivity contribution in [2.24, 2.45) is 0 Å². The molecule has 2 aromatic carbocycles. The van der Waals surface area contributed by atoms with Crippen LogP contribution in [0.5, 0.6) is 5.75 Å². The van der Waals surface area contributed by atoms with Gasteiger partial charge in [0.25, 0.3) is 0 Å². The van der Waals surface area contributed by atoms with E-state index in [9.17, 15) is 0 Å². The third-order valence-corrected chi connectivity index (χ3v) is 7.95. The monoisotopic (exact) mass is 405 g/mol. The van der Waals surface area contributed by atoms with E-state index < -0.39 is 8.80 Å². The molecule has 29 heavy (non-hydrogen) atoms. The largest absolute Gasteiger partial charge is 0.496 e. The Morgan fingerprint density at radius 1 is 0.828 bits per heavy atom. The summed E-state index contributed by atoms with van der Waals surface area (Å²) in [6.07, 6.45) is 2.44. The molecule has 1 aliphatic carbocycles. The quantitative estimate of drug-likeness (QED) is 0.474. The molecule has 0 bridgehead atoms. The Hall–Kier alpha value is -1.80. The van der Waals surface area contributed by atoms with Gasteiger partial charge in [0.1, 0.15) is 5.75 Å². The van der Waals surface area contributed by atoms with Crippen molar-refractivity contribution in [3.05, 3.63) is 58.2 Å². The molecule has 1 nitrogen and oxygen atoms in total. The maximum absolute atomic E-state index is 5.85. The lowest BCUT2D eigenvalue weighted by molar-refractivity contribution is 0.392. The van der Waals surface area contributed by atoms with E-state index in [-0.39, 0.29) is 10.8 Å². The van der Waals surface area contributed by atoms with Crippen molar-refractivity contribution < 1.29 is 4.74 Å². The number of rotatable bonds is 3. The topological polar surface area (TPSA) is 9.23 Å². The molecule has 0 saturated heterocycles. The molecule has 1 radical (unpaired) electrons. The average molecular weight is 406 g/mol. The fourth-order valence-corrected chi connectivity index (χ4v) is 6.92. The van der Waals surface area contributed by atoms with Crippen molar-refractivity contribution in [3.8, 4) is 16.9 Å². The highest BCUT2D eigenvalue weighted by atomic mass is 28.3. The van der Waals surface area contributed by atoms with E-state index in [2.05, 4.69) is 98.0 Å². The molecule has 2 heteroatoms. The lowest BCUT2D eigenvalue weighted by Crippen LogP contribution is -2.24. The van der Waals surface area contributed by atoms with Crippen LogP contribution in [0.15, 0.2) is 35.9 Å². The van der Waals surface area contributed by atoms with Crippen LogP contribution in [-0.2, 0) is 10.8 Å². The predicted octanol–water partition coefficient (Wildman–Crippen LogP) is 7.75. The highest BCUT2D eigenvalue weighted by molar-refractivity contribution is 6.58. The minimum Gasteiger partial charge on any atom is -0.496 e. The van der Waals surface area contributed by atoms with Crippen molar-refractivity contribution in [2.45, 2.75) is 77.9 Å². The maximum atomic E-state index is 5.85. The SMILES string of the molecule is COc1ccc(-c2cccc3c2C=C(C)C3[Si](C)C)c(C(C)(C)C)c1C(C)(C)C. The summed E-state index contributed by atoms with van der Waals surface area (Å²) in [4.78, 5) is 0. The summed E-state index contributed by atoms with van der Waals surface area (Å²) in [5, 5.41) is 0. The summed E-state index contributed by atoms with van der Waals surface area (Å²) >= 11 is 0. The molecule has 0 fully saturated rings. The zero-order valence-electron chi connectivity index (χ0n) is 19.9. The van der Waals surface area contributed by atoms with Crippen LogP contribution in [0.3, 0.4) is 0 Å². The number of ether oxygens (including phenoxy) is 1. The molecule has 0 spiro atoms. The maximum Gasteiger partial charge on any atom is 0.122 e. The summed E-state index contributed by atoms with van der Waals surface area (Å²) in [6, 6.07) is 11.4. The van der Waals surface area contributed by atoms with Gasteiger partial charge in [-0.1, -0.05) is 90.6 Å². The standard InChI is InChI=1S/C27H37OSi/c1-17-16-21-18(12-11-13-20(21)25(17)29(9)10)19-14-15-22(28-8)24(27(5,6)7)23(19)26(2,3)4/h11-16,25H,1-10H3. The Kier molecular flexibility index (Phi) is 5.64. The van der Waals surface area contributed by atoms with Gasteiger partial charge in [-0.15, -0.1) is 0 Å². The first-order chi connectivity index (χ1) is 13.4. The van der Waals surface area contributed by atoms with Crippen molar-refractivity contribution >= 4 is 14.9 Å². The van der Waals surface area contributed by atoms with E-state index in [4.69, 9.17) is 4.74 Å². The Labute approximate surface area is 179 Å². The summed E-state index contributed by atoms with van der Waals surface area (Å²) in [5.41, 5.74) is 10.6. The van der Waals surface area contributed by atoms with Gasteiger partial charge in [0.15, 0.2) is 0 Å². The van der Waals surface area contributed by atoms with Gasteiger partial charge in [-0.3, -0.25) is 0 Å². The van der Waals surface area contributed by atoms with E-state index in [0.29, 0.717) is 5.54 Å². The normalized spacial score (nSPS) is 16.8. The Morgan fingerprint density at radius 3 is 1.97 bits per heavy atom. The highest BCUT2D eigenvalue weighted by Gasteiger charge is 2.33. The first-order valence-corrected chi connectivity index (χ1v) is 13.3. The zero-order valence-corrected chi connectivity index (χ0v) is 20.9. The van der Waals surface area contributed by atoms with Crippen LogP contribution in [0.1, 0.15) is 76.3 Å². The molecule has 3 rings (SSSR count). The first kappa shape index (κ1) is 21.9. The van der Waals surface area contributed by atoms with Crippen LogP contribution in [-0.4, -0.2) is 15.9 Å². The third kappa shape index (κ3) is 3.84. The van der Waals surface area contributed by atoms with Crippen LogP contribution in [0, 0.1) is 0 Å². The lowest BCUT2D eigenvalue weighted by Gasteiger charge is -2.34. The molecule has 0 aliphatic heterocycles. The van der Waals surface area contributed by atoms with E-state index in [1.54, 1.807) is 7.11 Å². The van der Waals surface area contributed by atoms with Crippen molar-refractivity contribution in [1.82, 2.24) is 0 Å². The molecule has 0 N–H and O–H groups in total. The second-order valence-corrected chi connectivity index (χ2v) is 13.5. The molecular formula is C27H37OSi. The minimum atomic E-state index is -0.438. The van der Waals surface area contributed by atoms with Gasteiger partial charge in [-0.25, -0.2) is 0 Å². The molecule has 0 aromatic heterocycles. The van der Waals surface area contributed by atoms with Crippen LogP contribution >= 0.6 is 0 Å². The summed E-state index contributed by atoms with van der Waals surface area (Å²) < 4.78 is 5.85. The smallest absolute Gasteiger partial charge is 0.122 e. The van der Waals surface area contributed by atoms with Gasteiger partial charge in [-0.05, 0) is 57.2 Å². The first-order valence-electron chi connectivity index (χ1n) is 10.7. The molecule has 0 amide bonds. The van der Waals surface area contributed by atoms with Crippen molar-refractivity contribution in [3.63, 3.8) is 0 Å². The molecule has 1 unspecified atom stereocenters. The molecule has 0 saturated carbocycles. The van der Waals surface area contributed by atoms with Crippen LogP contribution < -0.4 is 4.74 Å². The number of allylic oxidation sites excluding steroid dienone is 1. The minimum absolute atomic E-state index is 0.000780. The van der Waals surface area contributed by atoms with Crippen molar-refractivity contribution in [1.29, 1.82) is 0 Å². The predicted molar refractivity (Wildman–Crippen MR) is 130 cm³/mol. The molecule has 1 atom stereocenters. The Balaban J connectivity index is 2.39. The zero-order chi connectivity index (χ0) is 21.7. The summed E-state index contributed by atoms with van der Waals surface area (Å²) in [6.45, 7) is 21.0. The molecule has 2 aromatic rings. The number of benzene rings is 2. The fourth-order valence-electron chi connectivity index (χ4n) is 5.06. The fraction of sp³-hybridized carbons (Fsp3) is 0.481. The van der Waals surface area contributed by atoms with Gasteiger partial charge < -0.3 is 4.74 Å². The Bertz CT molecular complexity index is 952. The number of methoxy groups -OCH3 is 1. The highest BCUT2D eigenvalue weighted by Crippen LogP contribution is 2.48. The van der Waals surface area contributed by atoms with Crippen LogP contribution in [0.2, 0.25) is 13.1 Å². The number of hydrogen-bond acceptors (Lipinski definition) is 1. The van der Waals surface area contributed by atoms with Gasteiger partial charge in [-0.2, -0.15) is 0 Å². The van der Waals surface area contributed by atoms with Gasteiger partial charge in [0, 0.05) is 5.56 Å². The van der Waals surface area contributed by atoms with Gasteiger partial charge in [0.2, 0.25) is 0 Å². The third-order valence-electron chi connectivity index (χ3n) is 6.03. The second kappa shape index (κ2) is 7.47. The van der Waals surface area contributed by atoms with E-state index in [1.807, 2.05) is 0 Å². The van der Waals surface area contributed by atoms with Crippen molar-refractivity contribution in [2.75, 3.05) is 7.11 Å². The summed E-state index contributed by atoms with van der Waals surface area (Å²) in [7, 11) is 1.35.